The molecule has 0 unspecified atom stereocenters. The van der Waals surface area contributed by atoms with Gasteiger partial charge < -0.3 is 24.8 Å². The van der Waals surface area contributed by atoms with Crippen molar-refractivity contribution in [3.63, 3.8) is 0 Å². The van der Waals surface area contributed by atoms with E-state index < -0.39 is 6.10 Å². The summed E-state index contributed by atoms with van der Waals surface area (Å²) in [6.07, 6.45) is 4.20. The SMILES string of the molecule is CCc1ccc(COc2ccc(C=NCC(O)CN=Cc3ccc(OCc4ccc(CC)cc4)cc3O)c(O)c2)cc1. The lowest BCUT2D eigenvalue weighted by Crippen LogP contribution is -2.15. The predicted octanol–water partition coefficient (Wildman–Crippen LogP) is 6.28. The van der Waals surface area contributed by atoms with Gasteiger partial charge in [0.2, 0.25) is 0 Å². The summed E-state index contributed by atoms with van der Waals surface area (Å²) < 4.78 is 11.6. The van der Waals surface area contributed by atoms with Crippen molar-refractivity contribution in [2.75, 3.05) is 13.1 Å². The van der Waals surface area contributed by atoms with E-state index in [1.165, 1.54) is 23.6 Å². The molecular weight excluding hydrogens is 528 g/mol. The van der Waals surface area contributed by atoms with E-state index in [0.29, 0.717) is 35.8 Å². The summed E-state index contributed by atoms with van der Waals surface area (Å²) in [5, 5.41) is 31.0. The Morgan fingerprint density at radius 2 is 0.976 bits per heavy atom. The Kier molecular flexibility index (Phi) is 11.1. The Bertz CT molecular complexity index is 1370. The number of aryl methyl sites for hydroxylation is 2. The number of nitrogens with zero attached hydrogens (tertiary/aromatic N) is 2. The smallest absolute Gasteiger partial charge is 0.128 e. The van der Waals surface area contributed by atoms with Crippen LogP contribution in [0.1, 0.15) is 47.2 Å². The van der Waals surface area contributed by atoms with Gasteiger partial charge in [0.05, 0.1) is 19.2 Å². The molecule has 0 saturated heterocycles. The first-order chi connectivity index (χ1) is 20.4. The fourth-order valence-electron chi connectivity index (χ4n) is 4.12. The number of aliphatic hydroxyl groups is 1. The van der Waals surface area contributed by atoms with Crippen molar-refractivity contribution >= 4 is 12.4 Å². The quantitative estimate of drug-likeness (QED) is 0.156. The van der Waals surface area contributed by atoms with E-state index in [2.05, 4.69) is 48.1 Å². The third kappa shape index (κ3) is 9.21. The average molecular weight is 567 g/mol. The summed E-state index contributed by atoms with van der Waals surface area (Å²) in [5.74, 6) is 1.20. The number of benzene rings is 4. The van der Waals surface area contributed by atoms with Crippen molar-refractivity contribution in [3.05, 3.63) is 118 Å². The predicted molar refractivity (Wildman–Crippen MR) is 167 cm³/mol. The Hall–Kier alpha value is -4.62. The molecule has 0 amide bonds. The van der Waals surface area contributed by atoms with Crippen LogP contribution in [0.25, 0.3) is 0 Å². The number of phenols is 2. The first-order valence-corrected chi connectivity index (χ1v) is 14.2. The monoisotopic (exact) mass is 566 g/mol. The van der Waals surface area contributed by atoms with E-state index in [4.69, 9.17) is 9.47 Å². The molecule has 0 radical (unpaired) electrons. The minimum Gasteiger partial charge on any atom is -0.507 e. The van der Waals surface area contributed by atoms with Crippen molar-refractivity contribution in [3.8, 4) is 23.0 Å². The zero-order valence-electron chi connectivity index (χ0n) is 24.1. The summed E-state index contributed by atoms with van der Waals surface area (Å²) in [6.45, 7) is 5.28. The van der Waals surface area contributed by atoms with Crippen LogP contribution in [0.5, 0.6) is 23.0 Å². The molecule has 4 rings (SSSR count). The molecule has 0 heterocycles. The van der Waals surface area contributed by atoms with Crippen LogP contribution in [-0.4, -0.2) is 46.9 Å². The molecule has 0 spiro atoms. The van der Waals surface area contributed by atoms with Crippen LogP contribution < -0.4 is 9.47 Å². The molecule has 0 bridgehead atoms. The summed E-state index contributed by atoms with van der Waals surface area (Å²) in [5.41, 5.74) is 5.71. The van der Waals surface area contributed by atoms with Crippen LogP contribution in [0.3, 0.4) is 0 Å². The minimum atomic E-state index is -0.815. The lowest BCUT2D eigenvalue weighted by molar-refractivity contribution is 0.193. The van der Waals surface area contributed by atoms with Crippen molar-refractivity contribution < 1.29 is 24.8 Å². The number of rotatable bonds is 14. The van der Waals surface area contributed by atoms with Gasteiger partial charge in [-0.15, -0.1) is 0 Å². The zero-order chi connectivity index (χ0) is 29.7. The van der Waals surface area contributed by atoms with E-state index in [1.54, 1.807) is 36.4 Å². The molecule has 218 valence electrons. The molecule has 7 heteroatoms. The van der Waals surface area contributed by atoms with Crippen molar-refractivity contribution in [1.82, 2.24) is 0 Å². The maximum Gasteiger partial charge on any atom is 0.128 e. The highest BCUT2D eigenvalue weighted by Gasteiger charge is 2.06. The molecule has 0 saturated carbocycles. The standard InChI is InChI=1S/C35H38N2O5/c1-3-25-5-9-27(10-6-25)23-41-32-15-13-29(34(39)17-32)19-36-21-31(38)22-37-20-30-14-16-33(18-35(30)40)42-24-28-11-7-26(4-2)8-12-28/h5-20,31,38-40H,3-4,21-24H2,1-2H3. The number of aliphatic hydroxyl groups excluding tert-OH is 1. The Balaban J connectivity index is 1.20. The summed E-state index contributed by atoms with van der Waals surface area (Å²) in [6, 6.07) is 26.6. The molecule has 0 aromatic heterocycles. The molecule has 4 aromatic rings. The molecular formula is C35H38N2O5. The van der Waals surface area contributed by atoms with Gasteiger partial charge in [0.25, 0.3) is 0 Å². The fourth-order valence-corrected chi connectivity index (χ4v) is 4.12. The fraction of sp³-hybridized carbons (Fsp3) is 0.257. The molecule has 0 atom stereocenters. The number of phenolic OH excluding ortho intramolecular Hbond substituents is 2. The maximum absolute atomic E-state index is 10.4. The Morgan fingerprint density at radius 3 is 1.33 bits per heavy atom. The summed E-state index contributed by atoms with van der Waals surface area (Å²) in [7, 11) is 0. The van der Waals surface area contributed by atoms with Crippen molar-refractivity contribution in [1.29, 1.82) is 0 Å². The highest BCUT2D eigenvalue weighted by molar-refractivity contribution is 5.84. The van der Waals surface area contributed by atoms with Gasteiger partial charge in [-0.05, 0) is 59.4 Å². The van der Waals surface area contributed by atoms with E-state index in [1.807, 2.05) is 24.3 Å². The van der Waals surface area contributed by atoms with Crippen LogP contribution >= 0.6 is 0 Å². The Morgan fingerprint density at radius 1 is 0.595 bits per heavy atom. The number of ether oxygens (including phenoxy) is 2. The van der Waals surface area contributed by atoms with Crippen LogP contribution in [0.2, 0.25) is 0 Å². The first-order valence-electron chi connectivity index (χ1n) is 14.2. The topological polar surface area (TPSA) is 104 Å². The van der Waals surface area contributed by atoms with E-state index >= 15 is 0 Å². The van der Waals surface area contributed by atoms with Gasteiger partial charge >= 0.3 is 0 Å². The number of aliphatic imine (C=N–C) groups is 2. The van der Waals surface area contributed by atoms with Gasteiger partial charge in [-0.3, -0.25) is 9.98 Å². The highest BCUT2D eigenvalue weighted by Crippen LogP contribution is 2.24. The molecule has 0 aliphatic rings. The van der Waals surface area contributed by atoms with E-state index in [-0.39, 0.29) is 24.6 Å². The number of aromatic hydroxyl groups is 2. The van der Waals surface area contributed by atoms with E-state index in [9.17, 15) is 15.3 Å². The van der Waals surface area contributed by atoms with Gasteiger partial charge in [-0.1, -0.05) is 62.4 Å². The van der Waals surface area contributed by atoms with E-state index in [0.717, 1.165) is 24.0 Å². The summed E-state index contributed by atoms with van der Waals surface area (Å²) >= 11 is 0. The summed E-state index contributed by atoms with van der Waals surface area (Å²) in [4.78, 5) is 8.47. The zero-order valence-corrected chi connectivity index (χ0v) is 24.1. The van der Waals surface area contributed by atoms with Crippen molar-refractivity contribution in [2.24, 2.45) is 9.98 Å². The molecule has 0 aliphatic heterocycles. The lowest BCUT2D eigenvalue weighted by atomic mass is 10.1. The number of hydrogen-bond donors (Lipinski definition) is 3. The van der Waals surface area contributed by atoms with Crippen LogP contribution in [0, 0.1) is 0 Å². The highest BCUT2D eigenvalue weighted by atomic mass is 16.5. The molecule has 0 aliphatic carbocycles. The van der Waals surface area contributed by atoms with Gasteiger partial charge in [-0.2, -0.15) is 0 Å². The molecule has 7 nitrogen and oxygen atoms in total. The molecule has 0 fully saturated rings. The second-order valence-electron chi connectivity index (χ2n) is 10.0. The second-order valence-corrected chi connectivity index (χ2v) is 10.0. The van der Waals surface area contributed by atoms with Gasteiger partial charge in [0.1, 0.15) is 36.2 Å². The largest absolute Gasteiger partial charge is 0.507 e. The molecule has 42 heavy (non-hydrogen) atoms. The average Bonchev–Trinajstić information content (AvgIpc) is 3.01. The Labute approximate surface area is 247 Å². The van der Waals surface area contributed by atoms with Gasteiger partial charge in [-0.25, -0.2) is 0 Å². The normalized spacial score (nSPS) is 12.2. The van der Waals surface area contributed by atoms with Crippen molar-refractivity contribution in [2.45, 2.75) is 46.0 Å². The second kappa shape index (κ2) is 15.4. The molecule has 3 N–H and O–H groups in total. The van der Waals surface area contributed by atoms with Gasteiger partial charge in [0.15, 0.2) is 0 Å². The van der Waals surface area contributed by atoms with Crippen LogP contribution in [0.4, 0.5) is 0 Å². The third-order valence-corrected chi connectivity index (χ3v) is 6.77. The van der Waals surface area contributed by atoms with Crippen LogP contribution in [0.15, 0.2) is 94.9 Å². The lowest BCUT2D eigenvalue weighted by Gasteiger charge is -2.09. The molecule has 4 aromatic carbocycles. The van der Waals surface area contributed by atoms with Gasteiger partial charge in [0, 0.05) is 35.7 Å². The third-order valence-electron chi connectivity index (χ3n) is 6.77. The van der Waals surface area contributed by atoms with Crippen LogP contribution in [-0.2, 0) is 26.1 Å². The number of hydrogen-bond acceptors (Lipinski definition) is 7. The minimum absolute atomic E-state index is 0.0439. The first kappa shape index (κ1) is 30.3. The maximum atomic E-state index is 10.4.